The molecule has 3 N–H and O–H groups in total. The van der Waals surface area contributed by atoms with Crippen LogP contribution in [0.1, 0.15) is 44.7 Å². The minimum atomic E-state index is -0.832. The Labute approximate surface area is 182 Å². The molecule has 4 rings (SSSR count). The van der Waals surface area contributed by atoms with Crippen LogP contribution in [0.25, 0.3) is 0 Å². The second-order valence-electron chi connectivity index (χ2n) is 8.57. The predicted octanol–water partition coefficient (Wildman–Crippen LogP) is 4.39. The van der Waals surface area contributed by atoms with Gasteiger partial charge in [0.25, 0.3) is 0 Å². The van der Waals surface area contributed by atoms with E-state index < -0.39 is 5.97 Å². The summed E-state index contributed by atoms with van der Waals surface area (Å²) in [6, 6.07) is 14.4. The SMILES string of the molecule is CC(C(=O)O)=C(CC1CO1)CC1CO1.CC(C)(c1ccc(O)cc1)c1ccc(O)cc1. The van der Waals surface area contributed by atoms with E-state index in [0.29, 0.717) is 5.57 Å². The molecule has 0 radical (unpaired) electrons. The lowest BCUT2D eigenvalue weighted by Crippen LogP contribution is -2.18. The van der Waals surface area contributed by atoms with Crippen LogP contribution in [0, 0.1) is 0 Å². The molecular weight excluding hydrogens is 396 g/mol. The standard InChI is InChI=1S/C15H16O2.C10H14O4/c1-15(2,11-3-7-13(16)8-4-11)12-5-9-14(17)10-6-12;1-6(10(11)12)7(2-8-4-13-8)3-9-5-14-9/h3-10,16-17H,1-2H3;8-9H,2-5H2,1H3,(H,11,12). The fraction of sp³-hybridized carbons (Fsp3) is 0.400. The van der Waals surface area contributed by atoms with Crippen molar-refractivity contribution in [1.29, 1.82) is 0 Å². The third-order valence-electron chi connectivity index (χ3n) is 5.78. The first kappa shape index (κ1) is 22.8. The highest BCUT2D eigenvalue weighted by molar-refractivity contribution is 5.86. The average molecular weight is 427 g/mol. The third-order valence-corrected chi connectivity index (χ3v) is 5.78. The van der Waals surface area contributed by atoms with Crippen molar-refractivity contribution in [1.82, 2.24) is 0 Å². The molecule has 2 unspecified atom stereocenters. The number of aliphatic carboxylic acids is 1. The highest BCUT2D eigenvalue weighted by Gasteiger charge is 2.30. The highest BCUT2D eigenvalue weighted by Crippen LogP contribution is 2.33. The monoisotopic (exact) mass is 426 g/mol. The Balaban J connectivity index is 0.000000179. The Hall–Kier alpha value is -2.83. The summed E-state index contributed by atoms with van der Waals surface area (Å²) in [7, 11) is 0. The van der Waals surface area contributed by atoms with Gasteiger partial charge in [0.05, 0.1) is 25.4 Å². The normalized spacial score (nSPS) is 19.1. The summed E-state index contributed by atoms with van der Waals surface area (Å²) < 4.78 is 10.2. The molecule has 6 nitrogen and oxygen atoms in total. The Morgan fingerprint density at radius 3 is 1.52 bits per heavy atom. The molecule has 6 heteroatoms. The fourth-order valence-corrected chi connectivity index (χ4v) is 3.39. The van der Waals surface area contributed by atoms with E-state index in [2.05, 4.69) is 13.8 Å². The Bertz CT molecular complexity index is 856. The van der Waals surface area contributed by atoms with E-state index in [-0.39, 0.29) is 29.1 Å². The molecule has 2 heterocycles. The van der Waals surface area contributed by atoms with Crippen molar-refractivity contribution in [2.45, 2.75) is 51.2 Å². The molecule has 2 aromatic carbocycles. The second-order valence-corrected chi connectivity index (χ2v) is 8.57. The molecule has 0 bridgehead atoms. The summed E-state index contributed by atoms with van der Waals surface area (Å²) in [4.78, 5) is 10.8. The Morgan fingerprint density at radius 1 is 0.871 bits per heavy atom. The van der Waals surface area contributed by atoms with Gasteiger partial charge in [-0.05, 0) is 55.2 Å². The minimum absolute atomic E-state index is 0.151. The number of hydrogen-bond acceptors (Lipinski definition) is 5. The molecule has 0 amide bonds. The number of phenols is 2. The number of phenolic OH excluding ortho intramolecular Hbond substituents is 2. The zero-order valence-electron chi connectivity index (χ0n) is 18.2. The fourth-order valence-electron chi connectivity index (χ4n) is 3.39. The van der Waals surface area contributed by atoms with Gasteiger partial charge in [0.1, 0.15) is 11.5 Å². The molecule has 0 spiro atoms. The van der Waals surface area contributed by atoms with Crippen molar-refractivity contribution in [2.75, 3.05) is 13.2 Å². The van der Waals surface area contributed by atoms with Gasteiger partial charge in [0, 0.05) is 11.0 Å². The van der Waals surface area contributed by atoms with Crippen molar-refractivity contribution in [3.63, 3.8) is 0 Å². The van der Waals surface area contributed by atoms with Gasteiger partial charge in [-0.1, -0.05) is 43.7 Å². The first-order valence-electron chi connectivity index (χ1n) is 10.4. The van der Waals surface area contributed by atoms with Crippen molar-refractivity contribution in [3.05, 3.63) is 70.8 Å². The number of rotatable bonds is 7. The molecule has 2 saturated heterocycles. The lowest BCUT2D eigenvalue weighted by atomic mass is 9.78. The Kier molecular flexibility index (Phi) is 7.03. The van der Waals surface area contributed by atoms with Crippen LogP contribution in [0.4, 0.5) is 0 Å². The topological polar surface area (TPSA) is 103 Å². The molecule has 31 heavy (non-hydrogen) atoms. The number of carboxylic acid groups (broad SMARTS) is 1. The van der Waals surface area contributed by atoms with E-state index in [0.717, 1.165) is 42.8 Å². The van der Waals surface area contributed by atoms with Gasteiger partial charge >= 0.3 is 5.97 Å². The van der Waals surface area contributed by atoms with Gasteiger partial charge in [-0.15, -0.1) is 0 Å². The summed E-state index contributed by atoms with van der Waals surface area (Å²) in [6.07, 6.45) is 1.99. The molecule has 2 fully saturated rings. The largest absolute Gasteiger partial charge is 0.508 e. The van der Waals surface area contributed by atoms with Gasteiger partial charge in [0.15, 0.2) is 0 Å². The number of epoxide rings is 2. The number of carboxylic acids is 1. The van der Waals surface area contributed by atoms with E-state index in [1.165, 1.54) is 0 Å². The zero-order valence-corrected chi connectivity index (χ0v) is 18.2. The maximum atomic E-state index is 10.8. The molecule has 0 aliphatic carbocycles. The maximum absolute atomic E-state index is 10.8. The van der Waals surface area contributed by atoms with Gasteiger partial charge in [-0.2, -0.15) is 0 Å². The molecule has 2 aliphatic rings. The highest BCUT2D eigenvalue weighted by atomic mass is 16.6. The van der Waals surface area contributed by atoms with Crippen LogP contribution in [-0.4, -0.2) is 46.7 Å². The Morgan fingerprint density at radius 2 is 1.23 bits per heavy atom. The second kappa shape index (κ2) is 9.54. The van der Waals surface area contributed by atoms with Crippen molar-refractivity contribution in [2.24, 2.45) is 0 Å². The smallest absolute Gasteiger partial charge is 0.331 e. The van der Waals surface area contributed by atoms with Crippen molar-refractivity contribution < 1.29 is 29.6 Å². The summed E-state index contributed by atoms with van der Waals surface area (Å²) in [5.41, 5.74) is 3.53. The molecule has 2 aliphatic heterocycles. The third kappa shape index (κ3) is 6.57. The lowest BCUT2D eigenvalue weighted by Gasteiger charge is -2.26. The summed E-state index contributed by atoms with van der Waals surface area (Å²) in [5, 5.41) is 27.5. The van der Waals surface area contributed by atoms with Crippen LogP contribution in [0.15, 0.2) is 59.7 Å². The van der Waals surface area contributed by atoms with Crippen molar-refractivity contribution in [3.8, 4) is 11.5 Å². The van der Waals surface area contributed by atoms with E-state index in [9.17, 15) is 15.0 Å². The number of hydrogen-bond donors (Lipinski definition) is 3. The van der Waals surface area contributed by atoms with Crippen LogP contribution in [0.5, 0.6) is 11.5 Å². The molecule has 0 saturated carbocycles. The maximum Gasteiger partial charge on any atom is 0.331 e. The zero-order chi connectivity index (χ0) is 22.6. The van der Waals surface area contributed by atoms with E-state index >= 15 is 0 Å². The van der Waals surface area contributed by atoms with Crippen LogP contribution in [0.3, 0.4) is 0 Å². The molecule has 2 aromatic rings. The van der Waals surface area contributed by atoms with Crippen LogP contribution >= 0.6 is 0 Å². The van der Waals surface area contributed by atoms with Gasteiger partial charge in [-0.3, -0.25) is 0 Å². The van der Waals surface area contributed by atoms with E-state index in [1.807, 2.05) is 24.3 Å². The van der Waals surface area contributed by atoms with Crippen molar-refractivity contribution >= 4 is 5.97 Å². The molecular formula is C25H30O6. The molecule has 166 valence electrons. The summed E-state index contributed by atoms with van der Waals surface area (Å²) >= 11 is 0. The lowest BCUT2D eigenvalue weighted by molar-refractivity contribution is -0.132. The van der Waals surface area contributed by atoms with Gasteiger partial charge in [0.2, 0.25) is 0 Å². The number of benzene rings is 2. The molecule has 2 atom stereocenters. The van der Waals surface area contributed by atoms with Gasteiger partial charge in [-0.25, -0.2) is 4.79 Å². The van der Waals surface area contributed by atoms with E-state index in [4.69, 9.17) is 14.6 Å². The minimum Gasteiger partial charge on any atom is -0.508 e. The van der Waals surface area contributed by atoms with E-state index in [1.54, 1.807) is 31.2 Å². The van der Waals surface area contributed by atoms with Gasteiger partial charge < -0.3 is 24.8 Å². The first-order chi connectivity index (χ1) is 14.7. The molecule has 0 aromatic heterocycles. The van der Waals surface area contributed by atoms with Crippen LogP contribution < -0.4 is 0 Å². The predicted molar refractivity (Wildman–Crippen MR) is 117 cm³/mol. The average Bonchev–Trinajstić information content (AvgIpc) is 3.65. The quantitative estimate of drug-likeness (QED) is 0.448. The summed E-state index contributed by atoms with van der Waals surface area (Å²) in [5.74, 6) is -0.285. The number of aromatic hydroxyl groups is 2. The van der Waals surface area contributed by atoms with Crippen LogP contribution in [-0.2, 0) is 19.7 Å². The number of ether oxygens (including phenoxy) is 2. The van der Waals surface area contributed by atoms with Crippen LogP contribution in [0.2, 0.25) is 0 Å². The number of carbonyl (C=O) groups is 1. The summed E-state index contributed by atoms with van der Waals surface area (Å²) in [6.45, 7) is 7.42. The first-order valence-corrected chi connectivity index (χ1v) is 10.4.